The summed E-state index contributed by atoms with van der Waals surface area (Å²) in [4.78, 5) is 16.6. The van der Waals surface area contributed by atoms with E-state index < -0.39 is 0 Å². The van der Waals surface area contributed by atoms with E-state index in [1.807, 2.05) is 42.2 Å². The molecule has 0 aliphatic carbocycles. The number of carbonyl (C=O) groups excluding carboxylic acids is 1. The van der Waals surface area contributed by atoms with Crippen molar-refractivity contribution in [2.24, 2.45) is 5.73 Å². The lowest BCUT2D eigenvalue weighted by Crippen LogP contribution is -2.29. The zero-order valence-corrected chi connectivity index (χ0v) is 12.3. The highest BCUT2D eigenvalue weighted by Crippen LogP contribution is 2.38. The number of fused-ring (bicyclic) bond motifs is 1. The highest BCUT2D eigenvalue weighted by atomic mass is 32.1. The fraction of sp³-hybridized carbons (Fsp3) is 0.312. The van der Waals surface area contributed by atoms with Crippen molar-refractivity contribution < 1.29 is 4.79 Å². The number of amides is 1. The predicted molar refractivity (Wildman–Crippen MR) is 83.6 cm³/mol. The molecule has 2 heterocycles. The van der Waals surface area contributed by atoms with Gasteiger partial charge in [0.05, 0.1) is 4.88 Å². The van der Waals surface area contributed by atoms with E-state index in [2.05, 4.69) is 6.07 Å². The Morgan fingerprint density at radius 2 is 2.15 bits per heavy atom. The maximum Gasteiger partial charge on any atom is 0.268 e. The molecular weight excluding hydrogens is 268 g/mol. The molecule has 1 aromatic carbocycles. The van der Waals surface area contributed by atoms with Crippen LogP contribution in [0.2, 0.25) is 0 Å². The molecule has 3 nitrogen and oxygen atoms in total. The number of anilines is 1. The van der Waals surface area contributed by atoms with Crippen molar-refractivity contribution in [1.29, 1.82) is 0 Å². The average molecular weight is 286 g/mol. The largest absolute Gasteiger partial charge is 0.330 e. The summed E-state index contributed by atoms with van der Waals surface area (Å²) in [5.74, 6) is 0.469. The van der Waals surface area contributed by atoms with Gasteiger partial charge in [-0.25, -0.2) is 0 Å². The lowest BCUT2D eigenvalue weighted by Gasteiger charge is -2.16. The SMILES string of the molecule is Cc1ccc(C(=O)N2CC(CCN)c3ccccc32)s1. The summed E-state index contributed by atoms with van der Waals surface area (Å²) in [5.41, 5.74) is 7.99. The third-order valence-corrected chi connectivity index (χ3v) is 4.77. The molecule has 0 fully saturated rings. The van der Waals surface area contributed by atoms with E-state index in [1.54, 1.807) is 11.3 Å². The van der Waals surface area contributed by atoms with E-state index >= 15 is 0 Å². The minimum absolute atomic E-state index is 0.107. The second-order valence-corrected chi connectivity index (χ2v) is 6.45. The molecule has 1 aliphatic rings. The molecule has 0 spiro atoms. The van der Waals surface area contributed by atoms with Crippen LogP contribution in [0.1, 0.15) is 32.5 Å². The van der Waals surface area contributed by atoms with Crippen molar-refractivity contribution in [3.8, 4) is 0 Å². The quantitative estimate of drug-likeness (QED) is 0.942. The highest BCUT2D eigenvalue weighted by Gasteiger charge is 2.32. The van der Waals surface area contributed by atoms with Crippen molar-refractivity contribution in [2.45, 2.75) is 19.3 Å². The van der Waals surface area contributed by atoms with Gasteiger partial charge in [-0.3, -0.25) is 4.79 Å². The van der Waals surface area contributed by atoms with Gasteiger partial charge in [0.25, 0.3) is 5.91 Å². The number of benzene rings is 1. The van der Waals surface area contributed by atoms with Crippen molar-refractivity contribution in [1.82, 2.24) is 0 Å². The molecule has 3 rings (SSSR count). The Hall–Kier alpha value is -1.65. The summed E-state index contributed by atoms with van der Waals surface area (Å²) in [7, 11) is 0. The molecule has 4 heteroatoms. The van der Waals surface area contributed by atoms with Gasteiger partial charge in [-0.1, -0.05) is 18.2 Å². The number of nitrogens with zero attached hydrogens (tertiary/aromatic N) is 1. The van der Waals surface area contributed by atoms with Gasteiger partial charge in [-0.05, 0) is 43.7 Å². The molecule has 0 radical (unpaired) electrons. The zero-order valence-electron chi connectivity index (χ0n) is 11.5. The number of rotatable bonds is 3. The molecule has 1 aliphatic heterocycles. The van der Waals surface area contributed by atoms with Crippen LogP contribution < -0.4 is 10.6 Å². The van der Waals surface area contributed by atoms with E-state index in [1.165, 1.54) is 10.4 Å². The fourth-order valence-electron chi connectivity index (χ4n) is 2.82. The summed E-state index contributed by atoms with van der Waals surface area (Å²) in [6.45, 7) is 3.42. The van der Waals surface area contributed by atoms with E-state index in [4.69, 9.17) is 5.73 Å². The number of aryl methyl sites for hydroxylation is 1. The molecule has 1 atom stereocenters. The molecular formula is C16H18N2OS. The van der Waals surface area contributed by atoms with Gasteiger partial charge in [0.2, 0.25) is 0 Å². The van der Waals surface area contributed by atoms with Gasteiger partial charge in [0, 0.05) is 23.0 Å². The van der Waals surface area contributed by atoms with Crippen LogP contribution in [-0.4, -0.2) is 19.0 Å². The number of hydrogen-bond donors (Lipinski definition) is 1. The van der Waals surface area contributed by atoms with Gasteiger partial charge in [0.15, 0.2) is 0 Å². The minimum atomic E-state index is 0.107. The fourth-order valence-corrected chi connectivity index (χ4v) is 3.63. The van der Waals surface area contributed by atoms with Gasteiger partial charge in [0.1, 0.15) is 0 Å². The smallest absolute Gasteiger partial charge is 0.268 e. The molecule has 2 N–H and O–H groups in total. The molecule has 1 unspecified atom stereocenters. The molecule has 0 saturated heterocycles. The van der Waals surface area contributed by atoms with Gasteiger partial charge in [-0.2, -0.15) is 0 Å². The lowest BCUT2D eigenvalue weighted by atomic mass is 9.98. The Balaban J connectivity index is 1.93. The first-order valence-corrected chi connectivity index (χ1v) is 7.69. The summed E-state index contributed by atoms with van der Waals surface area (Å²) >= 11 is 1.56. The molecule has 20 heavy (non-hydrogen) atoms. The van der Waals surface area contributed by atoms with Crippen molar-refractivity contribution in [2.75, 3.05) is 18.0 Å². The summed E-state index contributed by atoms with van der Waals surface area (Å²) in [6.07, 6.45) is 0.921. The van der Waals surface area contributed by atoms with Crippen LogP contribution >= 0.6 is 11.3 Å². The molecule has 1 amide bonds. The Labute approximate surface area is 123 Å². The number of hydrogen-bond acceptors (Lipinski definition) is 3. The summed E-state index contributed by atoms with van der Waals surface area (Å²) in [6, 6.07) is 12.1. The van der Waals surface area contributed by atoms with Crippen LogP contribution in [0, 0.1) is 6.92 Å². The third kappa shape index (κ3) is 2.25. The molecule has 104 valence electrons. The second-order valence-electron chi connectivity index (χ2n) is 5.16. The van der Waals surface area contributed by atoms with Gasteiger partial charge in [-0.15, -0.1) is 11.3 Å². The predicted octanol–water partition coefficient (Wildman–Crippen LogP) is 3.15. The number of thiophene rings is 1. The van der Waals surface area contributed by atoms with Crippen molar-refractivity contribution in [3.05, 3.63) is 51.7 Å². The second kappa shape index (κ2) is 5.38. The van der Waals surface area contributed by atoms with Crippen LogP contribution in [0.5, 0.6) is 0 Å². The van der Waals surface area contributed by atoms with Gasteiger partial charge >= 0.3 is 0 Å². The number of nitrogens with two attached hydrogens (primary N) is 1. The molecule has 2 aromatic rings. The van der Waals surface area contributed by atoms with Crippen LogP contribution in [0.15, 0.2) is 36.4 Å². The maximum absolute atomic E-state index is 12.7. The Morgan fingerprint density at radius 3 is 2.85 bits per heavy atom. The van der Waals surface area contributed by atoms with Crippen LogP contribution in [0.3, 0.4) is 0 Å². The van der Waals surface area contributed by atoms with Crippen molar-refractivity contribution >= 4 is 22.9 Å². The first-order valence-electron chi connectivity index (χ1n) is 6.88. The first kappa shape index (κ1) is 13.3. The highest BCUT2D eigenvalue weighted by molar-refractivity contribution is 7.14. The normalized spacial score (nSPS) is 17.3. The van der Waals surface area contributed by atoms with Crippen LogP contribution in [0.25, 0.3) is 0 Å². The first-order chi connectivity index (χ1) is 9.70. The van der Waals surface area contributed by atoms with Crippen LogP contribution in [0.4, 0.5) is 5.69 Å². The van der Waals surface area contributed by atoms with Crippen molar-refractivity contribution in [3.63, 3.8) is 0 Å². The monoisotopic (exact) mass is 286 g/mol. The number of carbonyl (C=O) groups is 1. The van der Waals surface area contributed by atoms with E-state index in [-0.39, 0.29) is 5.91 Å². The molecule has 0 bridgehead atoms. The van der Waals surface area contributed by atoms with E-state index in [9.17, 15) is 4.79 Å². The maximum atomic E-state index is 12.7. The topological polar surface area (TPSA) is 46.3 Å². The van der Waals surface area contributed by atoms with E-state index in [0.29, 0.717) is 12.5 Å². The molecule has 0 saturated carbocycles. The minimum Gasteiger partial charge on any atom is -0.330 e. The average Bonchev–Trinajstić information content (AvgIpc) is 3.04. The Morgan fingerprint density at radius 1 is 1.35 bits per heavy atom. The Bertz CT molecular complexity index is 635. The Kier molecular flexibility index (Phi) is 3.59. The van der Waals surface area contributed by atoms with E-state index in [0.717, 1.165) is 23.5 Å². The number of para-hydroxylation sites is 1. The summed E-state index contributed by atoms with van der Waals surface area (Å²) in [5, 5.41) is 0. The van der Waals surface area contributed by atoms with Gasteiger partial charge < -0.3 is 10.6 Å². The lowest BCUT2D eigenvalue weighted by molar-refractivity contribution is 0.0992. The molecule has 1 aromatic heterocycles. The third-order valence-electron chi connectivity index (χ3n) is 3.78. The summed E-state index contributed by atoms with van der Waals surface area (Å²) < 4.78 is 0. The van der Waals surface area contributed by atoms with Crippen LogP contribution in [-0.2, 0) is 0 Å². The standard InChI is InChI=1S/C16H18N2OS/c1-11-6-7-15(20-11)16(19)18-10-12(8-9-17)13-4-2-3-5-14(13)18/h2-7,12H,8-10,17H2,1H3. The zero-order chi connectivity index (χ0) is 14.1.